The standard InChI is InChI=1S/C9H9F3N2.C2H6/c1-14-8-5(7(13-14)9(11)12)3-2-4(3)6(8)10;1-2/h3-4,6,9H,2H2,1H3;1-2H3. The first-order chi connectivity index (χ1) is 7.61. The van der Waals surface area contributed by atoms with Crippen LogP contribution in [0.25, 0.3) is 0 Å². The molecule has 0 radical (unpaired) electrons. The molecule has 90 valence electrons. The van der Waals surface area contributed by atoms with Crippen LogP contribution in [0, 0.1) is 5.92 Å². The van der Waals surface area contributed by atoms with Crippen LogP contribution in [-0.4, -0.2) is 9.78 Å². The number of aromatic nitrogens is 2. The Balaban J connectivity index is 0.000000457. The number of fused-ring (bicyclic) bond motifs is 3. The maximum atomic E-state index is 13.6. The minimum atomic E-state index is -2.59. The molecular weight excluding hydrogens is 217 g/mol. The van der Waals surface area contributed by atoms with Gasteiger partial charge in [-0.3, -0.25) is 4.68 Å². The highest BCUT2D eigenvalue weighted by Crippen LogP contribution is 2.64. The van der Waals surface area contributed by atoms with E-state index in [1.165, 1.54) is 11.7 Å². The average Bonchev–Trinajstić information content (AvgIpc) is 2.90. The normalized spacial score (nSPS) is 29.6. The third-order valence-corrected chi connectivity index (χ3v) is 3.21. The van der Waals surface area contributed by atoms with E-state index in [1.807, 2.05) is 13.8 Å². The molecule has 5 heteroatoms. The zero-order valence-electron chi connectivity index (χ0n) is 9.54. The van der Waals surface area contributed by atoms with E-state index in [0.29, 0.717) is 17.7 Å². The largest absolute Gasteiger partial charge is 0.282 e. The molecular formula is C11H15F3N2. The van der Waals surface area contributed by atoms with Crippen molar-refractivity contribution in [3.8, 4) is 0 Å². The second-order valence-corrected chi connectivity index (χ2v) is 4.02. The lowest BCUT2D eigenvalue weighted by Gasteiger charge is -2.03. The second kappa shape index (κ2) is 3.79. The minimum Gasteiger partial charge on any atom is -0.269 e. The third-order valence-electron chi connectivity index (χ3n) is 3.21. The lowest BCUT2D eigenvalue weighted by molar-refractivity contribution is 0.144. The van der Waals surface area contributed by atoms with E-state index >= 15 is 0 Å². The van der Waals surface area contributed by atoms with Crippen molar-refractivity contribution >= 4 is 0 Å². The van der Waals surface area contributed by atoms with Gasteiger partial charge in [-0.05, 0) is 12.3 Å². The van der Waals surface area contributed by atoms with Crippen molar-refractivity contribution in [3.63, 3.8) is 0 Å². The predicted octanol–water partition coefficient (Wildman–Crippen LogP) is 3.51. The van der Waals surface area contributed by atoms with E-state index in [1.54, 1.807) is 0 Å². The number of hydrogen-bond acceptors (Lipinski definition) is 1. The van der Waals surface area contributed by atoms with Crippen LogP contribution in [0.5, 0.6) is 0 Å². The Morgan fingerprint density at radius 1 is 1.38 bits per heavy atom. The number of halogens is 3. The molecule has 3 unspecified atom stereocenters. The predicted molar refractivity (Wildman–Crippen MR) is 54.2 cm³/mol. The van der Waals surface area contributed by atoms with E-state index in [-0.39, 0.29) is 17.5 Å². The van der Waals surface area contributed by atoms with Gasteiger partial charge in [0.15, 0.2) is 0 Å². The fourth-order valence-electron chi connectivity index (χ4n) is 2.52. The highest BCUT2D eigenvalue weighted by Gasteiger charge is 2.56. The summed E-state index contributed by atoms with van der Waals surface area (Å²) >= 11 is 0. The first-order valence-electron chi connectivity index (χ1n) is 5.60. The molecule has 16 heavy (non-hydrogen) atoms. The summed E-state index contributed by atoms with van der Waals surface area (Å²) in [5.41, 5.74) is 0.650. The molecule has 0 N–H and O–H groups in total. The number of rotatable bonds is 1. The number of aryl methyl sites for hydroxylation is 1. The van der Waals surface area contributed by atoms with E-state index in [4.69, 9.17) is 0 Å². The molecule has 3 rings (SSSR count). The van der Waals surface area contributed by atoms with Crippen LogP contribution >= 0.6 is 0 Å². The lowest BCUT2D eigenvalue weighted by Crippen LogP contribution is -2.01. The van der Waals surface area contributed by atoms with Crippen molar-refractivity contribution in [2.24, 2.45) is 13.0 Å². The second-order valence-electron chi connectivity index (χ2n) is 4.02. The Bertz CT molecular complexity index is 400. The monoisotopic (exact) mass is 232 g/mol. The van der Waals surface area contributed by atoms with Gasteiger partial charge in [-0.2, -0.15) is 5.10 Å². The van der Waals surface area contributed by atoms with Gasteiger partial charge in [0.25, 0.3) is 6.43 Å². The molecule has 0 aliphatic heterocycles. The van der Waals surface area contributed by atoms with Gasteiger partial charge in [-0.25, -0.2) is 13.2 Å². The molecule has 1 aromatic heterocycles. The summed E-state index contributed by atoms with van der Waals surface area (Å²) in [6.45, 7) is 4.00. The average molecular weight is 232 g/mol. The van der Waals surface area contributed by atoms with Crippen molar-refractivity contribution < 1.29 is 13.2 Å². The van der Waals surface area contributed by atoms with Gasteiger partial charge >= 0.3 is 0 Å². The summed E-state index contributed by atoms with van der Waals surface area (Å²) in [4.78, 5) is 0. The van der Waals surface area contributed by atoms with Gasteiger partial charge in [0.1, 0.15) is 11.9 Å². The number of nitrogens with zero attached hydrogens (tertiary/aromatic N) is 2. The van der Waals surface area contributed by atoms with Crippen molar-refractivity contribution in [1.82, 2.24) is 9.78 Å². The molecule has 1 heterocycles. The van der Waals surface area contributed by atoms with Gasteiger partial charge in [-0.15, -0.1) is 0 Å². The zero-order valence-corrected chi connectivity index (χ0v) is 9.54. The molecule has 0 saturated heterocycles. The molecule has 2 aliphatic carbocycles. The van der Waals surface area contributed by atoms with Crippen LogP contribution in [0.3, 0.4) is 0 Å². The van der Waals surface area contributed by atoms with Gasteiger partial charge in [0, 0.05) is 18.5 Å². The quantitative estimate of drug-likeness (QED) is 0.724. The Kier molecular flexibility index (Phi) is 2.72. The van der Waals surface area contributed by atoms with Crippen LogP contribution in [0.2, 0.25) is 0 Å². The van der Waals surface area contributed by atoms with Crippen LogP contribution < -0.4 is 0 Å². The highest BCUT2D eigenvalue weighted by atomic mass is 19.3. The summed E-state index contributed by atoms with van der Waals surface area (Å²) in [6.07, 6.45) is -2.96. The van der Waals surface area contributed by atoms with Crippen molar-refractivity contribution in [2.75, 3.05) is 0 Å². The Morgan fingerprint density at radius 2 is 2.00 bits per heavy atom. The summed E-state index contributed by atoms with van der Waals surface area (Å²) in [5, 5.41) is 3.69. The first kappa shape index (κ1) is 11.5. The molecule has 2 aliphatic rings. The molecule has 0 spiro atoms. The molecule has 0 aromatic carbocycles. The lowest BCUT2D eigenvalue weighted by atomic mass is 10.1. The van der Waals surface area contributed by atoms with Crippen molar-refractivity contribution in [1.29, 1.82) is 0 Å². The molecule has 2 nitrogen and oxygen atoms in total. The Labute approximate surface area is 92.4 Å². The van der Waals surface area contributed by atoms with Gasteiger partial charge in [0.05, 0.1) is 5.69 Å². The van der Waals surface area contributed by atoms with Crippen LogP contribution in [-0.2, 0) is 7.05 Å². The maximum Gasteiger partial charge on any atom is 0.282 e. The summed E-state index contributed by atoms with van der Waals surface area (Å²) < 4.78 is 40.0. The topological polar surface area (TPSA) is 17.8 Å². The number of hydrogen-bond donors (Lipinski definition) is 0. The van der Waals surface area contributed by atoms with Gasteiger partial charge < -0.3 is 0 Å². The molecule has 0 amide bonds. The maximum absolute atomic E-state index is 13.6. The fourth-order valence-corrected chi connectivity index (χ4v) is 2.52. The Hall–Kier alpha value is -1.00. The molecule has 1 saturated carbocycles. The molecule has 3 atom stereocenters. The van der Waals surface area contributed by atoms with Crippen LogP contribution in [0.4, 0.5) is 13.2 Å². The first-order valence-corrected chi connectivity index (χ1v) is 5.60. The van der Waals surface area contributed by atoms with Crippen LogP contribution in [0.15, 0.2) is 0 Å². The van der Waals surface area contributed by atoms with Crippen molar-refractivity contribution in [2.45, 2.75) is 38.8 Å². The molecule has 0 bridgehead atoms. The summed E-state index contributed by atoms with van der Waals surface area (Å²) in [5.74, 6) is -0.0376. The number of alkyl halides is 3. The minimum absolute atomic E-state index is 0.0118. The van der Waals surface area contributed by atoms with E-state index in [2.05, 4.69) is 5.10 Å². The SMILES string of the molecule is CC.Cn1nc(C(F)F)c2c1C(F)C1CC21. The Morgan fingerprint density at radius 3 is 2.56 bits per heavy atom. The highest BCUT2D eigenvalue weighted by molar-refractivity contribution is 5.44. The van der Waals surface area contributed by atoms with E-state index in [0.717, 1.165) is 0 Å². The van der Waals surface area contributed by atoms with E-state index in [9.17, 15) is 13.2 Å². The van der Waals surface area contributed by atoms with Gasteiger partial charge in [-0.1, -0.05) is 13.8 Å². The fraction of sp³-hybridized carbons (Fsp3) is 0.727. The van der Waals surface area contributed by atoms with Gasteiger partial charge in [0.2, 0.25) is 0 Å². The van der Waals surface area contributed by atoms with E-state index < -0.39 is 12.6 Å². The summed E-state index contributed by atoms with van der Waals surface area (Å²) in [7, 11) is 1.53. The third kappa shape index (κ3) is 1.37. The van der Waals surface area contributed by atoms with Crippen LogP contribution in [0.1, 0.15) is 55.7 Å². The molecule has 1 fully saturated rings. The van der Waals surface area contributed by atoms with Crippen molar-refractivity contribution in [3.05, 3.63) is 17.0 Å². The molecule has 1 aromatic rings. The zero-order chi connectivity index (χ0) is 12.0. The smallest absolute Gasteiger partial charge is 0.269 e. The summed E-state index contributed by atoms with van der Waals surface area (Å²) in [6, 6.07) is 0.